The van der Waals surface area contributed by atoms with Crippen LogP contribution in [0.25, 0.3) is 164 Å². The number of benzene rings is 6. The van der Waals surface area contributed by atoms with Gasteiger partial charge in [0.15, 0.2) is 0 Å². The third-order valence-corrected chi connectivity index (χ3v) is 20.1. The van der Waals surface area contributed by atoms with E-state index in [0.29, 0.717) is 0 Å². The molecule has 0 radical (unpaired) electrons. The van der Waals surface area contributed by atoms with E-state index in [4.69, 9.17) is 19.9 Å². The molecule has 0 aliphatic carbocycles. The van der Waals surface area contributed by atoms with Gasteiger partial charge in [-0.05, 0) is 131 Å². The van der Waals surface area contributed by atoms with Crippen molar-refractivity contribution in [2.75, 3.05) is 0 Å². The third-order valence-electron chi connectivity index (χ3n) is 15.6. The Morgan fingerprint density at radius 2 is 0.298 bits per heavy atom. The van der Waals surface area contributed by atoms with Crippen molar-refractivity contribution < 1.29 is 0 Å². The van der Waals surface area contributed by atoms with Gasteiger partial charge in [-0.25, -0.2) is 19.9 Å². The highest BCUT2D eigenvalue weighted by Gasteiger charge is 2.24. The lowest BCUT2D eigenvalue weighted by Crippen LogP contribution is -1.89. The second-order valence-electron chi connectivity index (χ2n) is 20.7. The molecule has 4 aliphatic rings. The molecule has 0 N–H and O–H groups in total. The molecule has 12 aromatic rings. The standard InChI is InChI=1S/C76H46N4S4/c1-7-19-47(20-8-1)69-53-31-33-55(77-53)71(49-23-11-3-12-24-49)65-43-45-67(83-65)75(59-37-35-57(79-59)73(51-27-15-5-16-28-51)63-41-39-61(69)81-63)76-60-38-36-58(80-60)74(52-29-17-6-18-30-52)64-42-40-62(82-64)70(48-21-9-2-10-22-48)54-32-34-56(78-54)72(50-25-13-4-14-26-50)66-44-46-68(76)84-66/h1-46H. The molecule has 6 aromatic carbocycles. The van der Waals surface area contributed by atoms with Gasteiger partial charge < -0.3 is 0 Å². The van der Waals surface area contributed by atoms with Crippen molar-refractivity contribution in [3.05, 3.63) is 276 Å². The maximum Gasteiger partial charge on any atom is 0.0731 e. The van der Waals surface area contributed by atoms with Crippen LogP contribution in [-0.2, 0) is 0 Å². The van der Waals surface area contributed by atoms with Gasteiger partial charge in [-0.2, -0.15) is 0 Å². The van der Waals surface area contributed by atoms with Gasteiger partial charge in [0, 0.05) is 82.1 Å². The molecule has 0 saturated heterocycles. The highest BCUT2D eigenvalue weighted by atomic mass is 32.1. The summed E-state index contributed by atoms with van der Waals surface area (Å²) in [5.41, 5.74) is 22.3. The summed E-state index contributed by atoms with van der Waals surface area (Å²) in [5, 5.41) is 0. The van der Waals surface area contributed by atoms with Gasteiger partial charge in [0.1, 0.15) is 0 Å². The smallest absolute Gasteiger partial charge is 0.0731 e. The molecule has 0 unspecified atom stereocenters. The first-order valence-electron chi connectivity index (χ1n) is 27.9. The van der Waals surface area contributed by atoms with Crippen LogP contribution in [0.15, 0.2) is 231 Å². The lowest BCUT2D eigenvalue weighted by atomic mass is 10.0. The summed E-state index contributed by atoms with van der Waals surface area (Å²) in [6.07, 6.45) is 17.7. The van der Waals surface area contributed by atoms with Crippen molar-refractivity contribution in [3.8, 4) is 77.9 Å². The van der Waals surface area contributed by atoms with Gasteiger partial charge in [0.2, 0.25) is 0 Å². The number of thiophene rings is 4. The second-order valence-corrected chi connectivity index (χ2v) is 25.0. The van der Waals surface area contributed by atoms with Gasteiger partial charge in [-0.15, -0.1) is 45.3 Å². The fourth-order valence-electron chi connectivity index (χ4n) is 11.9. The molecule has 84 heavy (non-hydrogen) atoms. The van der Waals surface area contributed by atoms with Crippen LogP contribution < -0.4 is 0 Å². The largest absolute Gasteiger partial charge is 0.248 e. The monoisotopic (exact) mass is 1140 g/mol. The summed E-state index contributed by atoms with van der Waals surface area (Å²) in [5.74, 6) is 0. The number of nitrogens with zero attached hydrogens (tertiary/aromatic N) is 4. The fourth-order valence-corrected chi connectivity index (χ4v) is 16.5. The van der Waals surface area contributed by atoms with Crippen LogP contribution in [0.4, 0.5) is 0 Å². The maximum atomic E-state index is 5.84. The molecular weight excluding hydrogens is 1100 g/mol. The van der Waals surface area contributed by atoms with E-state index in [0.717, 1.165) is 161 Å². The SMILES string of the molecule is C1=Cc2nc1c(-c1ccccc1)c1ccc(s1)c(-c1ccccc1)c1nc(c(-c3c4nc(c(-c5ccccc5)c5ccc(s5)c(-c5ccccc5)c5nc(c(-c6ccccc6)c6ccc3s6)C=C5)C=C4)c3ccc(s3)c2-c2ccccc2)C=C1. The van der Waals surface area contributed by atoms with Crippen molar-refractivity contribution in [2.45, 2.75) is 0 Å². The first kappa shape index (κ1) is 50.0. The van der Waals surface area contributed by atoms with Crippen LogP contribution in [0.1, 0.15) is 45.6 Å². The number of aromatic nitrogens is 4. The van der Waals surface area contributed by atoms with Crippen LogP contribution in [0.5, 0.6) is 0 Å². The minimum Gasteiger partial charge on any atom is -0.248 e. The van der Waals surface area contributed by atoms with E-state index in [1.54, 1.807) is 45.3 Å². The summed E-state index contributed by atoms with van der Waals surface area (Å²) < 4.78 is 8.84. The predicted molar refractivity (Wildman–Crippen MR) is 363 cm³/mol. The summed E-state index contributed by atoms with van der Waals surface area (Å²) in [6.45, 7) is 0. The van der Waals surface area contributed by atoms with Crippen LogP contribution in [0.2, 0.25) is 0 Å². The highest BCUT2D eigenvalue weighted by molar-refractivity contribution is 7.26. The van der Waals surface area contributed by atoms with Gasteiger partial charge in [-0.3, -0.25) is 0 Å². The first-order valence-corrected chi connectivity index (χ1v) is 31.2. The topological polar surface area (TPSA) is 51.6 Å². The van der Waals surface area contributed by atoms with E-state index in [9.17, 15) is 0 Å². The minimum absolute atomic E-state index is 0.861. The van der Waals surface area contributed by atoms with E-state index in [1.165, 1.54) is 0 Å². The van der Waals surface area contributed by atoms with Crippen LogP contribution >= 0.6 is 45.3 Å². The van der Waals surface area contributed by atoms with Crippen LogP contribution in [0, 0.1) is 0 Å². The lowest BCUT2D eigenvalue weighted by molar-refractivity contribution is 1.31. The Kier molecular flexibility index (Phi) is 12.6. The molecule has 16 rings (SSSR count). The molecule has 8 heteroatoms. The number of hydrogen-bond acceptors (Lipinski definition) is 8. The molecule has 4 aliphatic heterocycles. The number of rotatable bonds is 7. The molecule has 16 bridgehead atoms. The Morgan fingerprint density at radius 3 is 0.464 bits per heavy atom. The van der Waals surface area contributed by atoms with Crippen molar-refractivity contribution >= 4 is 132 Å². The summed E-state index contributed by atoms with van der Waals surface area (Å²) in [6, 6.07) is 82.5. The molecule has 4 nitrogen and oxygen atoms in total. The Hall–Kier alpha value is -9.80. The van der Waals surface area contributed by atoms with Crippen molar-refractivity contribution in [1.29, 1.82) is 0 Å². The van der Waals surface area contributed by atoms with Crippen molar-refractivity contribution in [1.82, 2.24) is 19.9 Å². The van der Waals surface area contributed by atoms with Gasteiger partial charge >= 0.3 is 0 Å². The highest BCUT2D eigenvalue weighted by Crippen LogP contribution is 2.48. The van der Waals surface area contributed by atoms with E-state index in [2.05, 4.69) is 279 Å². The molecule has 0 saturated carbocycles. The molecule has 0 spiro atoms. The Bertz CT molecular complexity index is 4690. The maximum absolute atomic E-state index is 5.84. The molecule has 394 valence electrons. The Balaban J connectivity index is 1.09. The Morgan fingerprint density at radius 1 is 0.155 bits per heavy atom. The Labute approximate surface area is 501 Å². The molecule has 10 heterocycles. The van der Waals surface area contributed by atoms with E-state index < -0.39 is 0 Å². The summed E-state index contributed by atoms with van der Waals surface area (Å²) >= 11 is 7.12. The lowest BCUT2D eigenvalue weighted by Gasteiger charge is -2.08. The minimum atomic E-state index is 0.861. The van der Waals surface area contributed by atoms with Crippen molar-refractivity contribution in [2.24, 2.45) is 0 Å². The summed E-state index contributed by atoms with van der Waals surface area (Å²) in [7, 11) is 0. The normalized spacial score (nSPS) is 12.3. The molecule has 6 aromatic heterocycles. The average molecular weight is 1140 g/mol. The zero-order chi connectivity index (χ0) is 55.5. The van der Waals surface area contributed by atoms with E-state index >= 15 is 0 Å². The van der Waals surface area contributed by atoms with Gasteiger partial charge in [0.25, 0.3) is 0 Å². The third kappa shape index (κ3) is 8.95. The molecule has 0 atom stereocenters. The quantitative estimate of drug-likeness (QED) is 0.160. The van der Waals surface area contributed by atoms with Crippen LogP contribution in [-0.4, -0.2) is 19.9 Å². The number of fused-ring (bicyclic) bond motifs is 16. The zero-order valence-electron chi connectivity index (χ0n) is 45.0. The molecule has 0 amide bonds. The van der Waals surface area contributed by atoms with Crippen molar-refractivity contribution in [3.63, 3.8) is 0 Å². The predicted octanol–water partition coefficient (Wildman–Crippen LogP) is 22.2. The summed E-state index contributed by atoms with van der Waals surface area (Å²) in [4.78, 5) is 22.9. The molecule has 0 fully saturated rings. The van der Waals surface area contributed by atoms with E-state index in [1.807, 2.05) is 0 Å². The van der Waals surface area contributed by atoms with Gasteiger partial charge in [-0.1, -0.05) is 182 Å². The second kappa shape index (κ2) is 21.2. The average Bonchev–Trinajstić information content (AvgIpc) is 3.33. The first-order chi connectivity index (χ1) is 41.6. The number of hydrogen-bond donors (Lipinski definition) is 0. The zero-order valence-corrected chi connectivity index (χ0v) is 48.2. The molecular formula is C76H46N4S4. The fraction of sp³-hybridized carbons (Fsp3) is 0. The van der Waals surface area contributed by atoms with Crippen LogP contribution in [0.3, 0.4) is 0 Å². The van der Waals surface area contributed by atoms with E-state index in [-0.39, 0.29) is 0 Å². The van der Waals surface area contributed by atoms with Gasteiger partial charge in [0.05, 0.1) is 45.6 Å².